The van der Waals surface area contributed by atoms with Crippen LogP contribution in [0.4, 0.5) is 0 Å². The Kier molecular flexibility index (Phi) is 2.23. The van der Waals surface area contributed by atoms with Crippen molar-refractivity contribution < 1.29 is 13.2 Å². The second kappa shape index (κ2) is 3.02. The maximum absolute atomic E-state index is 10.9. The first-order valence-corrected chi connectivity index (χ1v) is 5.04. The lowest BCUT2D eigenvalue weighted by Gasteiger charge is -1.95. The van der Waals surface area contributed by atoms with Crippen LogP contribution in [0.3, 0.4) is 0 Å². The number of aldehydes is 1. The molecular weight excluding hydrogens is 178 g/mol. The fourth-order valence-corrected chi connectivity index (χ4v) is 1.24. The van der Waals surface area contributed by atoms with Crippen molar-refractivity contribution in [3.05, 3.63) is 24.0 Å². The fraction of sp³-hybridized carbons (Fsp3) is 0.143. The van der Waals surface area contributed by atoms with E-state index in [0.29, 0.717) is 6.29 Å². The van der Waals surface area contributed by atoms with Gasteiger partial charge in [0.05, 0.1) is 4.90 Å². The largest absolute Gasteiger partial charge is 0.296 e. The van der Waals surface area contributed by atoms with Crippen molar-refractivity contribution in [2.24, 2.45) is 0 Å². The molecule has 0 spiro atoms. The average Bonchev–Trinajstić information content (AvgIpc) is 2.03. The number of rotatable bonds is 2. The second-order valence-corrected chi connectivity index (χ2v) is 4.32. The third-order valence-corrected chi connectivity index (χ3v) is 2.41. The van der Waals surface area contributed by atoms with Crippen molar-refractivity contribution in [1.29, 1.82) is 0 Å². The van der Waals surface area contributed by atoms with Crippen LogP contribution in [0.25, 0.3) is 0 Å². The Morgan fingerprint density at radius 2 is 2.08 bits per heavy atom. The van der Waals surface area contributed by atoms with E-state index in [4.69, 9.17) is 0 Å². The number of nitrogens with zero attached hydrogens (tertiary/aromatic N) is 1. The Labute approximate surface area is 70.2 Å². The van der Waals surface area contributed by atoms with Crippen molar-refractivity contribution in [3.8, 4) is 0 Å². The molecule has 12 heavy (non-hydrogen) atoms. The third-order valence-electron chi connectivity index (χ3n) is 1.31. The molecule has 0 saturated heterocycles. The van der Waals surface area contributed by atoms with Gasteiger partial charge >= 0.3 is 0 Å². The van der Waals surface area contributed by atoms with E-state index in [1.54, 1.807) is 0 Å². The highest BCUT2D eigenvalue weighted by Gasteiger charge is 2.06. The molecule has 0 unspecified atom stereocenters. The standard InChI is InChI=1S/C7H7NO3S/c1-12(10,11)7-3-2-6(5-9)8-4-7/h2-5H,1H3. The first kappa shape index (κ1) is 8.86. The van der Waals surface area contributed by atoms with E-state index in [9.17, 15) is 13.2 Å². The van der Waals surface area contributed by atoms with Crippen LogP contribution in [0.15, 0.2) is 23.2 Å². The summed E-state index contributed by atoms with van der Waals surface area (Å²) in [5.74, 6) is 0. The quantitative estimate of drug-likeness (QED) is 0.621. The van der Waals surface area contributed by atoms with Crippen molar-refractivity contribution in [1.82, 2.24) is 4.98 Å². The summed E-state index contributed by atoms with van der Waals surface area (Å²) in [4.78, 5) is 13.9. The minimum absolute atomic E-state index is 0.119. The fourth-order valence-electron chi connectivity index (χ4n) is 0.681. The minimum Gasteiger partial charge on any atom is -0.296 e. The topological polar surface area (TPSA) is 64.1 Å². The lowest BCUT2D eigenvalue weighted by molar-refractivity contribution is 0.111. The number of aromatic nitrogens is 1. The van der Waals surface area contributed by atoms with Gasteiger partial charge in [-0.15, -0.1) is 0 Å². The van der Waals surface area contributed by atoms with Gasteiger partial charge in [0, 0.05) is 12.5 Å². The highest BCUT2D eigenvalue weighted by molar-refractivity contribution is 7.90. The van der Waals surface area contributed by atoms with Crippen LogP contribution in [-0.2, 0) is 9.84 Å². The lowest BCUT2D eigenvalue weighted by atomic mass is 10.4. The summed E-state index contributed by atoms with van der Waals surface area (Å²) in [6, 6.07) is 2.72. The van der Waals surface area contributed by atoms with Gasteiger partial charge in [0.1, 0.15) is 5.69 Å². The summed E-state index contributed by atoms with van der Waals surface area (Å²) >= 11 is 0. The van der Waals surface area contributed by atoms with Crippen LogP contribution in [-0.4, -0.2) is 25.9 Å². The van der Waals surface area contributed by atoms with Crippen LogP contribution in [0.2, 0.25) is 0 Å². The average molecular weight is 185 g/mol. The van der Waals surface area contributed by atoms with Crippen molar-refractivity contribution in [2.75, 3.05) is 6.26 Å². The number of carbonyl (C=O) groups excluding carboxylic acids is 1. The highest BCUT2D eigenvalue weighted by atomic mass is 32.2. The van der Waals surface area contributed by atoms with Gasteiger partial charge in [-0.05, 0) is 12.1 Å². The van der Waals surface area contributed by atoms with Gasteiger partial charge in [-0.25, -0.2) is 8.42 Å². The van der Waals surface area contributed by atoms with E-state index in [1.165, 1.54) is 18.3 Å². The molecule has 0 amide bonds. The number of carbonyl (C=O) groups is 1. The van der Waals surface area contributed by atoms with E-state index in [0.717, 1.165) is 6.26 Å². The maximum Gasteiger partial charge on any atom is 0.177 e. The van der Waals surface area contributed by atoms with Gasteiger partial charge in [0.25, 0.3) is 0 Å². The van der Waals surface area contributed by atoms with Gasteiger partial charge in [-0.2, -0.15) is 0 Å². The summed E-state index contributed by atoms with van der Waals surface area (Å²) in [6.45, 7) is 0. The van der Waals surface area contributed by atoms with E-state index >= 15 is 0 Å². The monoisotopic (exact) mass is 185 g/mol. The molecule has 4 nitrogen and oxygen atoms in total. The van der Waals surface area contributed by atoms with Crippen molar-refractivity contribution in [2.45, 2.75) is 4.90 Å². The SMILES string of the molecule is CS(=O)(=O)c1ccc(C=O)nc1. The van der Waals surface area contributed by atoms with Gasteiger partial charge in [-0.1, -0.05) is 0 Å². The molecule has 1 aromatic rings. The Hall–Kier alpha value is -1.23. The molecular formula is C7H7NO3S. The second-order valence-electron chi connectivity index (χ2n) is 2.31. The van der Waals surface area contributed by atoms with Gasteiger partial charge < -0.3 is 0 Å². The summed E-state index contributed by atoms with van der Waals surface area (Å²) in [5, 5.41) is 0. The highest BCUT2D eigenvalue weighted by Crippen LogP contribution is 2.05. The summed E-state index contributed by atoms with van der Waals surface area (Å²) in [6.07, 6.45) is 2.82. The zero-order chi connectivity index (χ0) is 9.19. The van der Waals surface area contributed by atoms with E-state index in [2.05, 4.69) is 4.98 Å². The Morgan fingerprint density at radius 1 is 1.42 bits per heavy atom. The number of sulfone groups is 1. The number of pyridine rings is 1. The molecule has 0 fully saturated rings. The summed E-state index contributed by atoms with van der Waals surface area (Å²) < 4.78 is 21.8. The molecule has 0 aliphatic heterocycles. The minimum atomic E-state index is -3.21. The van der Waals surface area contributed by atoms with Gasteiger partial charge in [-0.3, -0.25) is 9.78 Å². The molecule has 0 bridgehead atoms. The first-order valence-electron chi connectivity index (χ1n) is 3.15. The molecule has 1 aromatic heterocycles. The normalized spacial score (nSPS) is 11.1. The molecule has 0 saturated carbocycles. The van der Waals surface area contributed by atoms with Crippen LogP contribution >= 0.6 is 0 Å². The van der Waals surface area contributed by atoms with E-state index < -0.39 is 9.84 Å². The third kappa shape index (κ3) is 1.88. The molecule has 0 aliphatic carbocycles. The summed E-state index contributed by atoms with van der Waals surface area (Å²) in [5.41, 5.74) is 0.224. The molecule has 1 rings (SSSR count). The van der Waals surface area contributed by atoms with Crippen LogP contribution < -0.4 is 0 Å². The molecule has 64 valence electrons. The Balaban J connectivity index is 3.17. The van der Waals surface area contributed by atoms with Gasteiger partial charge in [0.15, 0.2) is 16.1 Å². The zero-order valence-corrected chi connectivity index (χ0v) is 7.21. The van der Waals surface area contributed by atoms with Crippen molar-refractivity contribution in [3.63, 3.8) is 0 Å². The first-order chi connectivity index (χ1) is 5.54. The van der Waals surface area contributed by atoms with E-state index in [-0.39, 0.29) is 10.6 Å². The molecule has 1 heterocycles. The Bertz CT molecular complexity index is 380. The zero-order valence-electron chi connectivity index (χ0n) is 6.39. The maximum atomic E-state index is 10.9. The van der Waals surface area contributed by atoms with Crippen LogP contribution in [0.1, 0.15) is 10.5 Å². The predicted molar refractivity (Wildman–Crippen MR) is 42.7 cm³/mol. The molecule has 0 aliphatic rings. The molecule has 5 heteroatoms. The molecule has 0 aromatic carbocycles. The van der Waals surface area contributed by atoms with Gasteiger partial charge in [0.2, 0.25) is 0 Å². The van der Waals surface area contributed by atoms with E-state index in [1.807, 2.05) is 0 Å². The van der Waals surface area contributed by atoms with Crippen LogP contribution in [0, 0.1) is 0 Å². The predicted octanol–water partition coefficient (Wildman–Crippen LogP) is 0.298. The lowest BCUT2D eigenvalue weighted by Crippen LogP contribution is -1.98. The molecule has 0 N–H and O–H groups in total. The van der Waals surface area contributed by atoms with Crippen molar-refractivity contribution >= 4 is 16.1 Å². The number of hydrogen-bond acceptors (Lipinski definition) is 4. The smallest absolute Gasteiger partial charge is 0.177 e. The number of hydrogen-bond donors (Lipinski definition) is 0. The van der Waals surface area contributed by atoms with Crippen LogP contribution in [0.5, 0.6) is 0 Å². The summed E-state index contributed by atoms with van der Waals surface area (Å²) in [7, 11) is -3.21. The Morgan fingerprint density at radius 3 is 2.42 bits per heavy atom. The molecule has 0 atom stereocenters. The molecule has 0 radical (unpaired) electrons.